The molecule has 36 heteroatoms. The Morgan fingerprint density at radius 3 is 1.79 bits per heavy atom. The van der Waals surface area contributed by atoms with E-state index in [0.29, 0.717) is 51.2 Å². The predicted molar refractivity (Wildman–Crippen MR) is 447 cm³/mol. The molecular weight excluding hydrogens is 1890 g/mol. The first kappa shape index (κ1) is 98.8. The Bertz CT molecular complexity index is 5480. The molecule has 20 nitrogen and oxygen atoms in total. The van der Waals surface area contributed by atoms with Crippen molar-refractivity contribution >= 4 is 149 Å². The minimum atomic E-state index is -5.89. The third kappa shape index (κ3) is 30.7. The first-order valence-corrected chi connectivity index (χ1v) is 41.1. The fraction of sp³-hybridized carbons (Fsp3) is 0.298. The van der Waals surface area contributed by atoms with Gasteiger partial charge in [0, 0.05) is 132 Å². The Morgan fingerprint density at radius 1 is 0.675 bits per heavy atom. The van der Waals surface area contributed by atoms with E-state index in [-0.39, 0.29) is 149 Å². The van der Waals surface area contributed by atoms with Crippen LogP contribution < -0.4 is 39.5 Å². The molecule has 0 bridgehead atoms. The number of piperidine rings is 1. The molecule has 120 heavy (non-hydrogen) atoms. The molecule has 2 N–H and O–H groups in total. The zero-order valence-corrected chi connectivity index (χ0v) is 75.3. The summed E-state index contributed by atoms with van der Waals surface area (Å²) in [6, 6.07) is 37.1. The largest absolute Gasteiger partial charge is 1.00 e. The number of hydrogen-bond acceptors (Lipinski definition) is 21. The number of Topliss-reactive ketones (excluding diaryl/α,β-unsaturated/α-hetero) is 1. The average molecular weight is 1970 g/mol. The van der Waals surface area contributed by atoms with E-state index in [4.69, 9.17) is 47.9 Å². The summed E-state index contributed by atoms with van der Waals surface area (Å²) in [6.45, 7) is 4.42. The number of nitriles is 3. The number of anilines is 1. The number of fused-ring (bicyclic) bond motifs is 7. The zero-order chi connectivity index (χ0) is 89.4. The van der Waals surface area contributed by atoms with Gasteiger partial charge < -0.3 is 39.8 Å². The molecule has 2 aliphatic carbocycles. The van der Waals surface area contributed by atoms with Gasteiger partial charge in [-0.3, -0.25) is 29.1 Å². The van der Waals surface area contributed by atoms with Crippen molar-refractivity contribution in [3.05, 3.63) is 254 Å². The van der Waals surface area contributed by atoms with Crippen molar-refractivity contribution in [1.29, 1.82) is 15.8 Å². The van der Waals surface area contributed by atoms with Gasteiger partial charge in [-0.05, 0) is 222 Å². The first-order valence-electron chi connectivity index (χ1n) is 36.7. The Balaban J connectivity index is 0.000000293. The number of carbonyl (C=O) groups excluding carboxylic acids is 4. The number of methoxy groups -OCH3 is 5. The van der Waals surface area contributed by atoms with Gasteiger partial charge in [-0.1, -0.05) is 60.3 Å². The molecule has 14 rings (SSSR count). The maximum atomic E-state index is 13.5. The van der Waals surface area contributed by atoms with Crippen LogP contribution in [0, 0.1) is 68.9 Å². The number of nitrogen functional groups attached to an aromatic ring is 1. The number of esters is 1. The molecule has 7 aromatic carbocycles. The molecule has 0 spiro atoms. The zero-order valence-electron chi connectivity index (χ0n) is 68.3. The third-order valence-corrected chi connectivity index (χ3v) is 22.2. The van der Waals surface area contributed by atoms with E-state index >= 15 is 0 Å². The van der Waals surface area contributed by atoms with E-state index in [1.165, 1.54) is 162 Å². The Kier molecular flexibility index (Phi) is 41.5. The second-order valence-corrected chi connectivity index (χ2v) is 31.5. The van der Waals surface area contributed by atoms with Crippen LogP contribution in [-0.4, -0.2) is 125 Å². The van der Waals surface area contributed by atoms with Crippen molar-refractivity contribution in [3.63, 3.8) is 0 Å². The standard InChI is InChI=1S/C13H16BrN.C12H14BrFO3.C11H4F4N2O3S.C11H6FNO.C10H6BrFO.C10H5FN2.C6H5BrFN.C6H12O4.C5H10OS.Na.H/c1-9-3-2-4-13-12-6-5-11(14)7-10(12)8-15(9)13;1-16-12(17-2)7-10(15)6-8-5-9(14)3-4-11(8)13;12-8-3-1-6(5-16)10-7(8)2-4-9(17-10)20-21(18,19)11(13,14)15;12-11-4-1-7(6-13)10-5-8(14)2-3-9(10)11;11-9-3-4-10(12)7-2-1-6(13)5-8(7)9;11-9-4-3-7(6-12)10-8(9)2-1-5-13-10;7-5-2-1-4(8)3-6(5)9;1-8-5(7)4-6(9-2)10-3;1-7-5-3-2-4-6-5;;/h5-7,9,13H,2-4,8H2,1H3;3-5,12H,6-7H2,1-2H3;1-4H;1-4H,5H2;1-4H,5H2;1-5H;1-3H,9H2;6H,4H2,1-3H3;5H,2-4H2,1H3;;/q;;;;;;;;;+1;-1/t9-,13-;;;;;;;;;;/m1........../s1/i;;;;;5D;;;1D;;. The van der Waals surface area contributed by atoms with Gasteiger partial charge in [-0.2, -0.15) is 37.4 Å². The summed E-state index contributed by atoms with van der Waals surface area (Å²) in [5, 5.41) is 26.5. The number of allylic oxidation sites excluding steroid dienone is 2. The van der Waals surface area contributed by atoms with Crippen LogP contribution in [0.3, 0.4) is 0 Å². The molecule has 9 aromatic rings. The SMILES string of the molecule is COC(=O)CC(OC)OC.COC(CC(=O)Cc1cc(F)ccc1Br)OC.C[C@@H]1CCC[C@@H]2c3ccc(Br)cc3CN12.N#Cc1ccc(F)c2c1CC(=O)C=C2.N#Cc1ccc(F)c2ccc(OS(=O)(=O)C(F)(F)F)nc12.Nc1cc(F)ccc1Br.O=C1C=Cc2c(F)ccc(Br)c2C1.[2H]CSC1CCCO1.[2H]c1ccc2c(F)ccc(C#N)c2n1.[H-].[Na+]. The van der Waals surface area contributed by atoms with E-state index in [1.54, 1.807) is 41.6 Å². The summed E-state index contributed by atoms with van der Waals surface area (Å²) in [5.41, 5.74) is 6.81. The van der Waals surface area contributed by atoms with E-state index in [9.17, 15) is 67.1 Å². The fourth-order valence-corrected chi connectivity index (χ4v) is 14.2. The van der Waals surface area contributed by atoms with Crippen LogP contribution in [-0.2, 0) is 83.5 Å². The van der Waals surface area contributed by atoms with Gasteiger partial charge >= 0.3 is 51.2 Å². The number of nitrogens with zero attached hydrogens (tertiary/aromatic N) is 6. The number of hydrogen-bond donors (Lipinski definition) is 1. The van der Waals surface area contributed by atoms with E-state index in [2.05, 4.69) is 113 Å². The molecule has 5 heterocycles. The second-order valence-electron chi connectivity index (χ2n) is 25.6. The van der Waals surface area contributed by atoms with Crippen molar-refractivity contribution in [1.82, 2.24) is 14.9 Å². The van der Waals surface area contributed by atoms with Gasteiger partial charge in [0.15, 0.2) is 24.1 Å². The molecule has 2 aromatic heterocycles. The molecule has 1 unspecified atom stereocenters. The van der Waals surface area contributed by atoms with Crippen molar-refractivity contribution in [3.8, 4) is 24.1 Å². The van der Waals surface area contributed by atoms with E-state index in [0.717, 1.165) is 68.9 Å². The van der Waals surface area contributed by atoms with E-state index in [1.807, 2.05) is 12.1 Å². The summed E-state index contributed by atoms with van der Waals surface area (Å²) in [6.07, 6.45) is 12.4. The first-order chi connectivity index (χ1) is 57.5. The average Bonchev–Trinajstić information content (AvgIpc) is 1.67. The minimum Gasteiger partial charge on any atom is -1.00 e. The number of rotatable bonds is 13. The smallest absolute Gasteiger partial charge is 1.00 e. The molecule has 3 atom stereocenters. The van der Waals surface area contributed by atoms with Crippen LogP contribution in [0.5, 0.6) is 5.88 Å². The van der Waals surface area contributed by atoms with Crippen LogP contribution in [0.15, 0.2) is 164 Å². The number of aromatic nitrogens is 2. The molecule has 5 aliphatic rings. The summed E-state index contributed by atoms with van der Waals surface area (Å²) < 4.78 is 187. The van der Waals surface area contributed by atoms with Crippen LogP contribution in [0.25, 0.3) is 34.0 Å². The number of carbonyl (C=O) groups is 4. The van der Waals surface area contributed by atoms with Gasteiger partial charge in [0.25, 0.3) is 0 Å². The van der Waals surface area contributed by atoms with E-state index < -0.39 is 45.7 Å². The van der Waals surface area contributed by atoms with Gasteiger partial charge in [0.1, 0.15) is 58.3 Å². The third-order valence-electron chi connectivity index (χ3n) is 17.7. The number of alkyl halides is 3. The second kappa shape index (κ2) is 50.4. The summed E-state index contributed by atoms with van der Waals surface area (Å²) in [5.74, 6) is -3.92. The quantitative estimate of drug-likeness (QED) is 0.0213. The molecule has 632 valence electrons. The number of benzene rings is 7. The predicted octanol–water partition coefficient (Wildman–Crippen LogP) is 16.8. The molecule has 0 amide bonds. The number of ketones is 3. The van der Waals surface area contributed by atoms with Gasteiger partial charge in [-0.15, -0.1) is 11.8 Å². The molecule has 0 saturated carbocycles. The molecule has 2 saturated heterocycles. The van der Waals surface area contributed by atoms with Crippen molar-refractivity contribution in [2.75, 3.05) is 54.1 Å². The Morgan fingerprint density at radius 2 is 1.23 bits per heavy atom. The van der Waals surface area contributed by atoms with Crippen molar-refractivity contribution < 1.29 is 133 Å². The maximum absolute atomic E-state index is 13.5. The molecule has 3 aliphatic heterocycles. The van der Waals surface area contributed by atoms with Gasteiger partial charge in [0.05, 0.1) is 55.1 Å². The van der Waals surface area contributed by atoms with Crippen LogP contribution in [0.1, 0.15) is 118 Å². The summed E-state index contributed by atoms with van der Waals surface area (Å²) in [4.78, 5) is 54.3. The van der Waals surface area contributed by atoms with Crippen molar-refractivity contribution in [2.45, 2.75) is 113 Å². The van der Waals surface area contributed by atoms with Gasteiger partial charge in [0.2, 0.25) is 5.88 Å². The van der Waals surface area contributed by atoms with Crippen LogP contribution >= 0.6 is 75.5 Å². The molecular formula is C84H79Br4F9N7NaO13S2. The summed E-state index contributed by atoms with van der Waals surface area (Å²) in [7, 11) is 1.32. The topological polar surface area (TPSA) is 293 Å². The Hall–Kier alpha value is -8.26. The van der Waals surface area contributed by atoms with Crippen LogP contribution in [0.4, 0.5) is 45.2 Å². The molecule has 2 fully saturated rings. The van der Waals surface area contributed by atoms with Crippen molar-refractivity contribution in [2.24, 2.45) is 0 Å². The number of pyridine rings is 2. The fourth-order valence-electron chi connectivity index (χ4n) is 11.7. The monoisotopic (exact) mass is 1970 g/mol. The van der Waals surface area contributed by atoms with Gasteiger partial charge in [-0.25, -0.2) is 31.3 Å². The van der Waals surface area contributed by atoms with Crippen LogP contribution in [0.2, 0.25) is 0 Å². The number of ether oxygens (including phenoxy) is 6. The minimum absolute atomic E-state index is 0. The molecule has 0 radical (unpaired) electrons. The number of halogens is 13. The summed E-state index contributed by atoms with van der Waals surface area (Å²) >= 11 is 14.9. The number of thioether (sulfide) groups is 1. The number of nitrogens with two attached hydrogens (primary N) is 1. The maximum Gasteiger partial charge on any atom is 1.00 e. The Labute approximate surface area is 752 Å². The normalized spacial score (nSPS) is 15.2.